The summed E-state index contributed by atoms with van der Waals surface area (Å²) in [5.74, 6) is 0.584. The largest absolute Gasteiger partial charge is 0.122 e. The zero-order valence-corrected chi connectivity index (χ0v) is 6.96. The zero-order valence-electron chi connectivity index (χ0n) is 4.62. The summed E-state index contributed by atoms with van der Waals surface area (Å²) < 4.78 is 0. The molecule has 0 aromatic carbocycles. The number of halogens is 2. The van der Waals surface area contributed by atoms with Gasteiger partial charge in [-0.3, -0.25) is 0 Å². The first-order valence-corrected chi connectivity index (χ1v) is 3.94. The molecule has 0 radical (unpaired) electrons. The Morgan fingerprint density at radius 2 is 2.00 bits per heavy atom. The fourth-order valence-corrected chi connectivity index (χ4v) is 0.926. The van der Waals surface area contributed by atoms with Crippen LogP contribution in [0.1, 0.15) is 13.8 Å². The Bertz CT molecular complexity index is 45.3. The fourth-order valence-electron chi connectivity index (χ4n) is 0.178. The molecular formula is C5H10BrCl. The molecule has 2 heteroatoms. The molecule has 1 atom stereocenters. The highest BCUT2D eigenvalue weighted by molar-refractivity contribution is 9.09. The highest BCUT2D eigenvalue weighted by atomic mass is 79.9. The minimum Gasteiger partial charge on any atom is -0.122 e. The molecule has 0 fully saturated rings. The predicted molar refractivity (Wildman–Crippen MR) is 38.3 cm³/mol. The molecule has 0 bridgehead atoms. The molecule has 7 heavy (non-hydrogen) atoms. The SMILES string of the molecule is CC(C)C(Cl)CBr. The van der Waals surface area contributed by atoms with Gasteiger partial charge in [0.15, 0.2) is 0 Å². The van der Waals surface area contributed by atoms with E-state index < -0.39 is 0 Å². The first-order chi connectivity index (χ1) is 3.18. The topological polar surface area (TPSA) is 0 Å². The Labute approximate surface area is 58.4 Å². The summed E-state index contributed by atoms with van der Waals surface area (Å²) in [6.45, 7) is 4.22. The van der Waals surface area contributed by atoms with Gasteiger partial charge in [0.05, 0.1) is 0 Å². The van der Waals surface area contributed by atoms with Crippen molar-refractivity contribution in [2.75, 3.05) is 5.33 Å². The van der Waals surface area contributed by atoms with E-state index >= 15 is 0 Å². The van der Waals surface area contributed by atoms with Gasteiger partial charge in [-0.1, -0.05) is 29.8 Å². The Morgan fingerprint density at radius 3 is 2.00 bits per heavy atom. The van der Waals surface area contributed by atoms with Crippen LogP contribution in [0, 0.1) is 5.92 Å². The fraction of sp³-hybridized carbons (Fsp3) is 1.00. The zero-order chi connectivity index (χ0) is 5.86. The van der Waals surface area contributed by atoms with E-state index in [0.29, 0.717) is 11.3 Å². The molecule has 0 saturated carbocycles. The Kier molecular flexibility index (Phi) is 4.14. The van der Waals surface area contributed by atoms with E-state index in [4.69, 9.17) is 11.6 Å². The van der Waals surface area contributed by atoms with Gasteiger partial charge in [-0.15, -0.1) is 11.6 Å². The maximum absolute atomic E-state index is 5.75. The first-order valence-electron chi connectivity index (χ1n) is 2.38. The van der Waals surface area contributed by atoms with Crippen LogP contribution in [-0.4, -0.2) is 10.7 Å². The van der Waals surface area contributed by atoms with Crippen LogP contribution >= 0.6 is 27.5 Å². The van der Waals surface area contributed by atoms with Gasteiger partial charge in [0, 0.05) is 10.7 Å². The number of hydrogen-bond donors (Lipinski definition) is 0. The molecule has 0 aliphatic heterocycles. The lowest BCUT2D eigenvalue weighted by atomic mass is 10.2. The van der Waals surface area contributed by atoms with Gasteiger partial charge in [0.25, 0.3) is 0 Å². The molecule has 1 unspecified atom stereocenters. The third-order valence-electron chi connectivity index (χ3n) is 0.871. The number of rotatable bonds is 2. The summed E-state index contributed by atoms with van der Waals surface area (Å²) in [4.78, 5) is 0. The number of alkyl halides is 2. The van der Waals surface area contributed by atoms with Crippen LogP contribution in [0.15, 0.2) is 0 Å². The van der Waals surface area contributed by atoms with Gasteiger partial charge in [0.2, 0.25) is 0 Å². The minimum absolute atomic E-state index is 0.292. The summed E-state index contributed by atoms with van der Waals surface area (Å²) in [6, 6.07) is 0. The molecule has 0 heterocycles. The van der Waals surface area contributed by atoms with E-state index in [2.05, 4.69) is 29.8 Å². The molecule has 0 rings (SSSR count). The van der Waals surface area contributed by atoms with Crippen molar-refractivity contribution in [1.29, 1.82) is 0 Å². The summed E-state index contributed by atoms with van der Waals surface area (Å²) >= 11 is 9.04. The van der Waals surface area contributed by atoms with Gasteiger partial charge in [-0.05, 0) is 5.92 Å². The summed E-state index contributed by atoms with van der Waals surface area (Å²) in [6.07, 6.45) is 0. The molecule has 0 nitrogen and oxygen atoms in total. The third kappa shape index (κ3) is 3.36. The Balaban J connectivity index is 3.14. The third-order valence-corrected chi connectivity index (χ3v) is 2.60. The van der Waals surface area contributed by atoms with Crippen molar-refractivity contribution < 1.29 is 0 Å². The highest BCUT2D eigenvalue weighted by Gasteiger charge is 2.05. The maximum Gasteiger partial charge on any atom is 0.0455 e. The van der Waals surface area contributed by atoms with Gasteiger partial charge in [-0.2, -0.15) is 0 Å². The monoisotopic (exact) mass is 184 g/mol. The van der Waals surface area contributed by atoms with Crippen molar-refractivity contribution in [2.24, 2.45) is 5.92 Å². The predicted octanol–water partition coefficient (Wildman–Crippen LogP) is 2.64. The lowest BCUT2D eigenvalue weighted by molar-refractivity contribution is 0.643. The van der Waals surface area contributed by atoms with Crippen LogP contribution in [0.25, 0.3) is 0 Å². The van der Waals surface area contributed by atoms with Crippen molar-refractivity contribution in [1.82, 2.24) is 0 Å². The van der Waals surface area contributed by atoms with Gasteiger partial charge in [0.1, 0.15) is 0 Å². The van der Waals surface area contributed by atoms with Crippen molar-refractivity contribution in [3.63, 3.8) is 0 Å². The van der Waals surface area contributed by atoms with E-state index in [1.807, 2.05) is 0 Å². The molecular weight excluding hydrogens is 175 g/mol. The quantitative estimate of drug-likeness (QED) is 0.580. The smallest absolute Gasteiger partial charge is 0.0455 e. The van der Waals surface area contributed by atoms with Crippen LogP contribution in [-0.2, 0) is 0 Å². The average Bonchev–Trinajstić information content (AvgIpc) is 1.65. The van der Waals surface area contributed by atoms with Crippen LogP contribution in [0.2, 0.25) is 0 Å². The lowest BCUT2D eigenvalue weighted by Crippen LogP contribution is -2.07. The highest BCUT2D eigenvalue weighted by Crippen LogP contribution is 2.10. The molecule has 44 valence electrons. The van der Waals surface area contributed by atoms with E-state index in [1.54, 1.807) is 0 Å². The normalized spacial score (nSPS) is 15.0. The Morgan fingerprint density at radius 1 is 1.57 bits per heavy atom. The standard InChI is InChI=1S/C5H10BrCl/c1-4(2)5(7)3-6/h4-5H,3H2,1-2H3. The lowest BCUT2D eigenvalue weighted by Gasteiger charge is -2.06. The molecule has 0 saturated heterocycles. The summed E-state index contributed by atoms with van der Waals surface area (Å²) in [5.41, 5.74) is 0. The Hall–Kier alpha value is 0.770. The van der Waals surface area contributed by atoms with Crippen LogP contribution < -0.4 is 0 Å². The van der Waals surface area contributed by atoms with Crippen molar-refractivity contribution in [3.8, 4) is 0 Å². The maximum atomic E-state index is 5.75. The number of hydrogen-bond acceptors (Lipinski definition) is 0. The molecule has 0 aromatic heterocycles. The van der Waals surface area contributed by atoms with E-state index in [0.717, 1.165) is 5.33 Å². The van der Waals surface area contributed by atoms with Gasteiger partial charge < -0.3 is 0 Å². The molecule has 0 amide bonds. The average molecular weight is 185 g/mol. The first kappa shape index (κ1) is 7.77. The van der Waals surface area contributed by atoms with Crippen molar-refractivity contribution in [3.05, 3.63) is 0 Å². The van der Waals surface area contributed by atoms with Crippen molar-refractivity contribution in [2.45, 2.75) is 19.2 Å². The molecule has 0 aromatic rings. The van der Waals surface area contributed by atoms with Gasteiger partial charge >= 0.3 is 0 Å². The van der Waals surface area contributed by atoms with Crippen molar-refractivity contribution >= 4 is 27.5 Å². The van der Waals surface area contributed by atoms with Crippen LogP contribution in [0.4, 0.5) is 0 Å². The second-order valence-electron chi connectivity index (χ2n) is 1.91. The van der Waals surface area contributed by atoms with Crippen LogP contribution in [0.3, 0.4) is 0 Å². The van der Waals surface area contributed by atoms with Gasteiger partial charge in [-0.25, -0.2) is 0 Å². The molecule has 0 N–H and O–H groups in total. The van der Waals surface area contributed by atoms with Crippen LogP contribution in [0.5, 0.6) is 0 Å². The molecule has 0 aliphatic rings. The van der Waals surface area contributed by atoms with E-state index in [9.17, 15) is 0 Å². The van der Waals surface area contributed by atoms with E-state index in [-0.39, 0.29) is 0 Å². The second kappa shape index (κ2) is 3.73. The second-order valence-corrected chi connectivity index (χ2v) is 3.12. The summed E-state index contributed by atoms with van der Waals surface area (Å²) in [7, 11) is 0. The summed E-state index contributed by atoms with van der Waals surface area (Å²) in [5, 5.41) is 1.19. The molecule has 0 spiro atoms. The molecule has 0 aliphatic carbocycles. The minimum atomic E-state index is 0.292. The van der Waals surface area contributed by atoms with E-state index in [1.165, 1.54) is 0 Å².